The number of ether oxygens (including phenoxy) is 2. The lowest BCUT2D eigenvalue weighted by Crippen LogP contribution is -2.39. The SMILES string of the molecule is CC(C)OCCOCC(O)CN(C)C(=O)Nc1ccncc1. The Bertz CT molecular complexity index is 428. The van der Waals surface area contributed by atoms with Crippen LogP contribution in [0.3, 0.4) is 0 Å². The molecule has 1 heterocycles. The van der Waals surface area contributed by atoms with Crippen molar-refractivity contribution < 1.29 is 19.4 Å². The summed E-state index contributed by atoms with van der Waals surface area (Å²) in [6, 6.07) is 3.09. The highest BCUT2D eigenvalue weighted by Crippen LogP contribution is 2.04. The maximum atomic E-state index is 11.9. The first-order chi connectivity index (χ1) is 10.5. The smallest absolute Gasteiger partial charge is 0.321 e. The third kappa shape index (κ3) is 7.92. The second kappa shape index (κ2) is 10.1. The number of anilines is 1. The Morgan fingerprint density at radius 3 is 2.68 bits per heavy atom. The van der Waals surface area contributed by atoms with E-state index in [0.29, 0.717) is 18.9 Å². The van der Waals surface area contributed by atoms with Gasteiger partial charge >= 0.3 is 6.03 Å². The summed E-state index contributed by atoms with van der Waals surface area (Å²) in [6.45, 7) is 5.15. The van der Waals surface area contributed by atoms with Crippen LogP contribution in [0.1, 0.15) is 13.8 Å². The number of aliphatic hydroxyl groups is 1. The Balaban J connectivity index is 2.20. The van der Waals surface area contributed by atoms with E-state index in [4.69, 9.17) is 9.47 Å². The van der Waals surface area contributed by atoms with Gasteiger partial charge in [-0.2, -0.15) is 0 Å². The quantitative estimate of drug-likeness (QED) is 0.673. The third-order valence-corrected chi connectivity index (χ3v) is 2.75. The molecule has 1 unspecified atom stereocenters. The number of aliphatic hydroxyl groups excluding tert-OH is 1. The third-order valence-electron chi connectivity index (χ3n) is 2.75. The molecule has 2 N–H and O–H groups in total. The van der Waals surface area contributed by atoms with Crippen molar-refractivity contribution in [2.75, 3.05) is 38.7 Å². The number of aromatic nitrogens is 1. The van der Waals surface area contributed by atoms with Crippen molar-refractivity contribution in [3.63, 3.8) is 0 Å². The van der Waals surface area contributed by atoms with Gasteiger partial charge in [0, 0.05) is 25.1 Å². The van der Waals surface area contributed by atoms with Crippen molar-refractivity contribution in [2.45, 2.75) is 26.1 Å². The van der Waals surface area contributed by atoms with Crippen LogP contribution < -0.4 is 5.32 Å². The fourth-order valence-corrected chi connectivity index (χ4v) is 1.67. The molecular weight excluding hydrogens is 286 g/mol. The van der Waals surface area contributed by atoms with E-state index in [2.05, 4.69) is 10.3 Å². The zero-order valence-corrected chi connectivity index (χ0v) is 13.4. The van der Waals surface area contributed by atoms with Crippen LogP contribution in [0.4, 0.5) is 10.5 Å². The zero-order valence-electron chi connectivity index (χ0n) is 13.4. The Labute approximate surface area is 131 Å². The number of carbonyl (C=O) groups is 1. The van der Waals surface area contributed by atoms with Crippen LogP contribution >= 0.6 is 0 Å². The van der Waals surface area contributed by atoms with Gasteiger partial charge in [0.2, 0.25) is 0 Å². The molecule has 0 bridgehead atoms. The van der Waals surface area contributed by atoms with E-state index < -0.39 is 6.10 Å². The number of carbonyl (C=O) groups excluding carboxylic acids is 1. The summed E-state index contributed by atoms with van der Waals surface area (Å²) in [5.74, 6) is 0. The van der Waals surface area contributed by atoms with Crippen LogP contribution in [0.25, 0.3) is 0 Å². The molecule has 1 aromatic rings. The number of nitrogens with one attached hydrogen (secondary N) is 1. The molecule has 0 aliphatic heterocycles. The highest BCUT2D eigenvalue weighted by atomic mass is 16.5. The lowest BCUT2D eigenvalue weighted by Gasteiger charge is -2.21. The van der Waals surface area contributed by atoms with E-state index in [1.165, 1.54) is 4.90 Å². The molecule has 1 atom stereocenters. The molecule has 0 aliphatic rings. The van der Waals surface area contributed by atoms with Crippen LogP contribution in [0.5, 0.6) is 0 Å². The maximum Gasteiger partial charge on any atom is 0.321 e. The molecule has 0 spiro atoms. The lowest BCUT2D eigenvalue weighted by atomic mass is 10.3. The summed E-state index contributed by atoms with van der Waals surface area (Å²) < 4.78 is 10.6. The molecule has 1 aromatic heterocycles. The van der Waals surface area contributed by atoms with Crippen molar-refractivity contribution >= 4 is 11.7 Å². The fourth-order valence-electron chi connectivity index (χ4n) is 1.67. The van der Waals surface area contributed by atoms with Crippen LogP contribution in [-0.2, 0) is 9.47 Å². The maximum absolute atomic E-state index is 11.9. The second-order valence-corrected chi connectivity index (χ2v) is 5.19. The van der Waals surface area contributed by atoms with Crippen molar-refractivity contribution in [2.24, 2.45) is 0 Å². The minimum absolute atomic E-state index is 0.161. The topological polar surface area (TPSA) is 83.9 Å². The largest absolute Gasteiger partial charge is 0.389 e. The molecule has 1 rings (SSSR count). The van der Waals surface area contributed by atoms with Crippen LogP contribution in [0.2, 0.25) is 0 Å². The van der Waals surface area contributed by atoms with Gasteiger partial charge in [-0.1, -0.05) is 0 Å². The Morgan fingerprint density at radius 1 is 1.36 bits per heavy atom. The van der Waals surface area contributed by atoms with Gasteiger partial charge in [-0.25, -0.2) is 4.79 Å². The van der Waals surface area contributed by atoms with Crippen LogP contribution in [0, 0.1) is 0 Å². The molecule has 2 amide bonds. The van der Waals surface area contributed by atoms with Gasteiger partial charge in [0.1, 0.15) is 0 Å². The van der Waals surface area contributed by atoms with Gasteiger partial charge in [-0.05, 0) is 26.0 Å². The molecule has 0 saturated heterocycles. The van der Waals surface area contributed by atoms with Crippen LogP contribution in [-0.4, -0.2) is 66.6 Å². The minimum atomic E-state index is -0.743. The molecule has 7 nitrogen and oxygen atoms in total. The van der Waals surface area contributed by atoms with Crippen LogP contribution in [0.15, 0.2) is 24.5 Å². The number of amides is 2. The first kappa shape index (κ1) is 18.3. The Hall–Kier alpha value is -1.70. The van der Waals surface area contributed by atoms with Crippen molar-refractivity contribution in [3.05, 3.63) is 24.5 Å². The first-order valence-corrected chi connectivity index (χ1v) is 7.28. The highest BCUT2D eigenvalue weighted by molar-refractivity contribution is 5.88. The molecule has 7 heteroatoms. The van der Waals surface area contributed by atoms with E-state index in [-0.39, 0.29) is 25.3 Å². The van der Waals surface area contributed by atoms with Crippen molar-refractivity contribution in [1.29, 1.82) is 0 Å². The van der Waals surface area contributed by atoms with Gasteiger partial charge in [0.05, 0.1) is 38.6 Å². The number of rotatable bonds is 9. The highest BCUT2D eigenvalue weighted by Gasteiger charge is 2.14. The second-order valence-electron chi connectivity index (χ2n) is 5.19. The Kier molecular flexibility index (Phi) is 8.42. The number of hydrogen-bond donors (Lipinski definition) is 2. The number of pyridine rings is 1. The zero-order chi connectivity index (χ0) is 16.4. The van der Waals surface area contributed by atoms with Gasteiger partial charge in [0.15, 0.2) is 0 Å². The summed E-state index contributed by atoms with van der Waals surface area (Å²) in [7, 11) is 1.61. The van der Waals surface area contributed by atoms with E-state index in [1.807, 2.05) is 13.8 Å². The molecule has 0 saturated carbocycles. The molecule has 124 valence electrons. The lowest BCUT2D eigenvalue weighted by molar-refractivity contribution is -0.0144. The Morgan fingerprint density at radius 2 is 2.05 bits per heavy atom. The molecule has 0 aromatic carbocycles. The average molecular weight is 311 g/mol. The molecule has 0 fully saturated rings. The molecule has 22 heavy (non-hydrogen) atoms. The summed E-state index contributed by atoms with van der Waals surface area (Å²) in [4.78, 5) is 17.2. The van der Waals surface area contributed by atoms with E-state index in [9.17, 15) is 9.90 Å². The first-order valence-electron chi connectivity index (χ1n) is 7.28. The predicted octanol–water partition coefficient (Wildman–Crippen LogP) is 1.35. The van der Waals surface area contributed by atoms with Gasteiger partial charge in [0.25, 0.3) is 0 Å². The van der Waals surface area contributed by atoms with Crippen molar-refractivity contribution in [3.8, 4) is 0 Å². The number of urea groups is 1. The van der Waals surface area contributed by atoms with Gasteiger partial charge in [-0.15, -0.1) is 0 Å². The normalized spacial score (nSPS) is 12.2. The number of hydrogen-bond acceptors (Lipinski definition) is 5. The predicted molar refractivity (Wildman–Crippen MR) is 83.8 cm³/mol. The summed E-state index contributed by atoms with van der Waals surface area (Å²) in [5.41, 5.74) is 0.656. The monoisotopic (exact) mass is 311 g/mol. The standard InChI is InChI=1S/C15H25N3O4/c1-12(2)22-9-8-21-11-14(19)10-18(3)15(20)17-13-4-6-16-7-5-13/h4-7,12,14,19H,8-11H2,1-3H3,(H,16,17,20). The number of nitrogens with zero attached hydrogens (tertiary/aromatic N) is 2. The summed E-state index contributed by atoms with van der Waals surface area (Å²) in [5, 5.41) is 12.6. The fraction of sp³-hybridized carbons (Fsp3) is 0.600. The van der Waals surface area contributed by atoms with E-state index in [1.54, 1.807) is 31.6 Å². The summed E-state index contributed by atoms with van der Waals surface area (Å²) >= 11 is 0. The molecule has 0 aliphatic carbocycles. The van der Waals surface area contributed by atoms with Gasteiger partial charge in [-0.3, -0.25) is 4.98 Å². The summed E-state index contributed by atoms with van der Waals surface area (Å²) in [6.07, 6.45) is 2.61. The number of likely N-dealkylation sites (N-methyl/N-ethyl adjacent to an activating group) is 1. The minimum Gasteiger partial charge on any atom is -0.389 e. The van der Waals surface area contributed by atoms with E-state index >= 15 is 0 Å². The van der Waals surface area contributed by atoms with Crippen molar-refractivity contribution in [1.82, 2.24) is 9.88 Å². The average Bonchev–Trinajstić information content (AvgIpc) is 2.47. The van der Waals surface area contributed by atoms with E-state index in [0.717, 1.165) is 0 Å². The molecule has 0 radical (unpaired) electrons. The van der Waals surface area contributed by atoms with Gasteiger partial charge < -0.3 is 24.8 Å². The molecular formula is C15H25N3O4.